The maximum Gasteiger partial charge on any atom is 0.326 e. The van der Waals surface area contributed by atoms with Crippen molar-refractivity contribution in [2.24, 2.45) is 0 Å². The number of carbonyl (C=O) groups is 2. The number of rotatable bonds is 2. The quantitative estimate of drug-likeness (QED) is 0.831. The van der Waals surface area contributed by atoms with Crippen LogP contribution in [0.1, 0.15) is 23.2 Å². The Kier molecular flexibility index (Phi) is 3.03. The SMILES string of the molecule is O=C(O)[C@@H]1CCCN1C(=O)c1ccncc1F. The first kappa shape index (κ1) is 11.5. The van der Waals surface area contributed by atoms with Crippen LogP contribution in [-0.2, 0) is 4.79 Å². The third-order valence-corrected chi connectivity index (χ3v) is 2.80. The Morgan fingerprint density at radius 2 is 2.29 bits per heavy atom. The molecular weight excluding hydrogens is 227 g/mol. The zero-order valence-corrected chi connectivity index (χ0v) is 8.97. The molecule has 0 aromatic carbocycles. The largest absolute Gasteiger partial charge is 0.480 e. The number of halogens is 1. The van der Waals surface area contributed by atoms with Gasteiger partial charge in [0.15, 0.2) is 5.82 Å². The summed E-state index contributed by atoms with van der Waals surface area (Å²) in [6.45, 7) is 0.345. The topological polar surface area (TPSA) is 70.5 Å². The van der Waals surface area contributed by atoms with Crippen molar-refractivity contribution >= 4 is 11.9 Å². The van der Waals surface area contributed by atoms with Gasteiger partial charge >= 0.3 is 5.97 Å². The van der Waals surface area contributed by atoms with Crippen molar-refractivity contribution in [3.05, 3.63) is 29.8 Å². The predicted octanol–water partition coefficient (Wildman–Crippen LogP) is 0.910. The number of hydrogen-bond acceptors (Lipinski definition) is 3. The van der Waals surface area contributed by atoms with Crippen LogP contribution in [0.5, 0.6) is 0 Å². The zero-order valence-electron chi connectivity index (χ0n) is 8.97. The van der Waals surface area contributed by atoms with Gasteiger partial charge in [-0.3, -0.25) is 9.78 Å². The second kappa shape index (κ2) is 4.48. The number of carbonyl (C=O) groups excluding carboxylic acids is 1. The number of amides is 1. The Morgan fingerprint density at radius 1 is 1.53 bits per heavy atom. The molecule has 0 bridgehead atoms. The van der Waals surface area contributed by atoms with Gasteiger partial charge in [0.05, 0.1) is 11.8 Å². The van der Waals surface area contributed by atoms with Crippen LogP contribution in [0.4, 0.5) is 4.39 Å². The highest BCUT2D eigenvalue weighted by Gasteiger charge is 2.35. The summed E-state index contributed by atoms with van der Waals surface area (Å²) in [5.41, 5.74) is -0.131. The Morgan fingerprint density at radius 3 is 2.94 bits per heavy atom. The Hall–Kier alpha value is -1.98. The highest BCUT2D eigenvalue weighted by molar-refractivity contribution is 5.97. The number of nitrogens with zero attached hydrogens (tertiary/aromatic N) is 2. The second-order valence-corrected chi connectivity index (χ2v) is 3.85. The van der Waals surface area contributed by atoms with Crippen molar-refractivity contribution in [1.82, 2.24) is 9.88 Å². The highest BCUT2D eigenvalue weighted by atomic mass is 19.1. The van der Waals surface area contributed by atoms with Crippen molar-refractivity contribution in [1.29, 1.82) is 0 Å². The maximum atomic E-state index is 13.4. The molecule has 1 amide bonds. The summed E-state index contributed by atoms with van der Waals surface area (Å²) in [5.74, 6) is -2.37. The van der Waals surface area contributed by atoms with Gasteiger partial charge in [0.25, 0.3) is 5.91 Å². The number of aliphatic carboxylic acids is 1. The average molecular weight is 238 g/mol. The van der Waals surface area contributed by atoms with Crippen molar-refractivity contribution in [2.75, 3.05) is 6.54 Å². The van der Waals surface area contributed by atoms with Crippen molar-refractivity contribution in [3.63, 3.8) is 0 Å². The molecule has 2 rings (SSSR count). The minimum Gasteiger partial charge on any atom is -0.480 e. The summed E-state index contributed by atoms with van der Waals surface area (Å²) in [6.07, 6.45) is 3.28. The van der Waals surface area contributed by atoms with E-state index in [1.165, 1.54) is 17.2 Å². The summed E-state index contributed by atoms with van der Waals surface area (Å²) in [7, 11) is 0. The van der Waals surface area contributed by atoms with Crippen LogP contribution in [0.15, 0.2) is 18.5 Å². The summed E-state index contributed by atoms with van der Waals surface area (Å²) < 4.78 is 13.4. The lowest BCUT2D eigenvalue weighted by Gasteiger charge is -2.21. The first-order valence-electron chi connectivity index (χ1n) is 5.24. The van der Waals surface area contributed by atoms with E-state index >= 15 is 0 Å². The lowest BCUT2D eigenvalue weighted by atomic mass is 10.2. The second-order valence-electron chi connectivity index (χ2n) is 3.85. The molecule has 90 valence electrons. The number of pyridine rings is 1. The molecule has 1 aliphatic heterocycles. The van der Waals surface area contributed by atoms with Gasteiger partial charge in [-0.25, -0.2) is 9.18 Å². The van der Waals surface area contributed by atoms with Crippen LogP contribution < -0.4 is 0 Å². The van der Waals surface area contributed by atoms with E-state index in [-0.39, 0.29) is 5.56 Å². The Balaban J connectivity index is 2.26. The van der Waals surface area contributed by atoms with Crippen molar-refractivity contribution in [2.45, 2.75) is 18.9 Å². The van der Waals surface area contributed by atoms with Gasteiger partial charge in [0.1, 0.15) is 6.04 Å². The number of carboxylic acid groups (broad SMARTS) is 1. The van der Waals surface area contributed by atoms with E-state index < -0.39 is 23.7 Å². The van der Waals surface area contributed by atoms with Crippen LogP contribution >= 0.6 is 0 Å². The molecule has 0 saturated carbocycles. The Bertz CT molecular complexity index is 464. The number of aromatic nitrogens is 1. The summed E-state index contributed by atoms with van der Waals surface area (Å²) in [4.78, 5) is 27.7. The minimum atomic E-state index is -1.05. The molecule has 2 heterocycles. The van der Waals surface area contributed by atoms with Crippen LogP contribution in [0.25, 0.3) is 0 Å². The van der Waals surface area contributed by atoms with Crippen molar-refractivity contribution < 1.29 is 19.1 Å². The molecule has 1 aromatic heterocycles. The van der Waals surface area contributed by atoms with Gasteiger partial charge in [-0.2, -0.15) is 0 Å². The van der Waals surface area contributed by atoms with E-state index in [0.29, 0.717) is 19.4 Å². The third-order valence-electron chi connectivity index (χ3n) is 2.80. The van der Waals surface area contributed by atoms with E-state index in [2.05, 4.69) is 4.98 Å². The summed E-state index contributed by atoms with van der Waals surface area (Å²) in [6, 6.07) is 0.407. The first-order chi connectivity index (χ1) is 8.11. The molecule has 1 aromatic rings. The third kappa shape index (κ3) is 2.11. The van der Waals surface area contributed by atoms with Gasteiger partial charge < -0.3 is 10.0 Å². The van der Waals surface area contributed by atoms with Gasteiger partial charge in [-0.15, -0.1) is 0 Å². The molecule has 6 heteroatoms. The molecule has 0 radical (unpaired) electrons. The molecule has 0 unspecified atom stereocenters. The van der Waals surface area contributed by atoms with E-state index in [1.807, 2.05) is 0 Å². The van der Waals surface area contributed by atoms with Crippen molar-refractivity contribution in [3.8, 4) is 0 Å². The number of carboxylic acids is 1. The monoisotopic (exact) mass is 238 g/mol. The Labute approximate surface area is 96.9 Å². The molecule has 1 atom stereocenters. The van der Waals surface area contributed by atoms with Gasteiger partial charge in [0, 0.05) is 12.7 Å². The zero-order chi connectivity index (χ0) is 12.4. The van der Waals surface area contributed by atoms with Crippen LogP contribution in [0, 0.1) is 5.82 Å². The normalized spacial score (nSPS) is 19.4. The van der Waals surface area contributed by atoms with E-state index in [9.17, 15) is 14.0 Å². The average Bonchev–Trinajstić information content (AvgIpc) is 2.77. The van der Waals surface area contributed by atoms with Crippen LogP contribution in [-0.4, -0.2) is 39.5 Å². The standard InChI is InChI=1S/C11H11FN2O3/c12-8-6-13-4-3-7(8)10(15)14-5-1-2-9(14)11(16)17/h3-4,6,9H,1-2,5H2,(H,16,17)/t9-/m0/s1. The fourth-order valence-electron chi connectivity index (χ4n) is 1.97. The number of likely N-dealkylation sites (tertiary alicyclic amines) is 1. The van der Waals surface area contributed by atoms with Crippen LogP contribution in [0.3, 0.4) is 0 Å². The predicted molar refractivity (Wildman–Crippen MR) is 55.9 cm³/mol. The smallest absolute Gasteiger partial charge is 0.326 e. The van der Waals surface area contributed by atoms with Crippen LogP contribution in [0.2, 0.25) is 0 Å². The highest BCUT2D eigenvalue weighted by Crippen LogP contribution is 2.21. The first-order valence-corrected chi connectivity index (χ1v) is 5.24. The lowest BCUT2D eigenvalue weighted by molar-refractivity contribution is -0.141. The molecule has 0 spiro atoms. The minimum absolute atomic E-state index is 0.131. The molecular formula is C11H11FN2O3. The fourth-order valence-corrected chi connectivity index (χ4v) is 1.97. The molecule has 0 aliphatic carbocycles. The molecule has 17 heavy (non-hydrogen) atoms. The van der Waals surface area contributed by atoms with Gasteiger partial charge in [-0.05, 0) is 18.9 Å². The maximum absolute atomic E-state index is 13.4. The molecule has 1 N–H and O–H groups in total. The van der Waals surface area contributed by atoms with Gasteiger partial charge in [-0.1, -0.05) is 0 Å². The number of hydrogen-bond donors (Lipinski definition) is 1. The summed E-state index contributed by atoms with van der Waals surface area (Å²) >= 11 is 0. The fraction of sp³-hybridized carbons (Fsp3) is 0.364. The molecule has 1 aliphatic rings. The summed E-state index contributed by atoms with van der Waals surface area (Å²) in [5, 5.41) is 8.95. The molecule has 5 nitrogen and oxygen atoms in total. The van der Waals surface area contributed by atoms with E-state index in [1.54, 1.807) is 0 Å². The van der Waals surface area contributed by atoms with E-state index in [4.69, 9.17) is 5.11 Å². The molecule has 1 fully saturated rings. The van der Waals surface area contributed by atoms with Gasteiger partial charge in [0.2, 0.25) is 0 Å². The lowest BCUT2D eigenvalue weighted by Crippen LogP contribution is -2.40. The van der Waals surface area contributed by atoms with E-state index in [0.717, 1.165) is 6.20 Å². The molecule has 1 saturated heterocycles.